The van der Waals surface area contributed by atoms with Crippen LogP contribution in [-0.2, 0) is 0 Å². The predicted octanol–water partition coefficient (Wildman–Crippen LogP) is 5.46. The Balaban J connectivity index is 0.00000259. The summed E-state index contributed by atoms with van der Waals surface area (Å²) in [5.41, 5.74) is 4.05. The van der Waals surface area contributed by atoms with Crippen molar-refractivity contribution in [2.24, 2.45) is 0 Å². The molecule has 2 aromatic carbocycles. The first-order valence-corrected chi connectivity index (χ1v) is 11.2. The monoisotopic (exact) mass is 467 g/mol. The van der Waals surface area contributed by atoms with Gasteiger partial charge in [-0.15, -0.1) is 12.4 Å². The molecule has 0 amide bonds. The van der Waals surface area contributed by atoms with E-state index in [4.69, 9.17) is 9.47 Å². The zero-order valence-electron chi connectivity index (χ0n) is 19.1. The van der Waals surface area contributed by atoms with Crippen molar-refractivity contribution in [3.05, 3.63) is 48.4 Å². The molecule has 5 rings (SSSR count). The van der Waals surface area contributed by atoms with E-state index < -0.39 is 0 Å². The molecular formula is C25H30ClN5O2. The van der Waals surface area contributed by atoms with Crippen LogP contribution in [0.4, 0.5) is 11.5 Å². The van der Waals surface area contributed by atoms with Crippen molar-refractivity contribution in [2.75, 3.05) is 38.7 Å². The predicted molar refractivity (Wildman–Crippen MR) is 135 cm³/mol. The highest BCUT2D eigenvalue weighted by Crippen LogP contribution is 2.35. The van der Waals surface area contributed by atoms with Crippen LogP contribution in [0.5, 0.6) is 11.5 Å². The van der Waals surface area contributed by atoms with E-state index in [1.807, 2.05) is 18.2 Å². The van der Waals surface area contributed by atoms with Crippen molar-refractivity contribution in [3.8, 4) is 11.5 Å². The minimum atomic E-state index is 0. The van der Waals surface area contributed by atoms with E-state index in [0.717, 1.165) is 57.7 Å². The van der Waals surface area contributed by atoms with Gasteiger partial charge in [-0.05, 0) is 69.6 Å². The maximum Gasteiger partial charge on any atom is 0.163 e. The summed E-state index contributed by atoms with van der Waals surface area (Å²) in [6, 6.07) is 12.3. The number of aromatic amines is 1. The van der Waals surface area contributed by atoms with Gasteiger partial charge in [0, 0.05) is 40.3 Å². The van der Waals surface area contributed by atoms with Crippen molar-refractivity contribution in [1.29, 1.82) is 0 Å². The summed E-state index contributed by atoms with van der Waals surface area (Å²) in [7, 11) is 1.66. The second-order valence-corrected chi connectivity index (χ2v) is 8.37. The molecule has 1 fully saturated rings. The van der Waals surface area contributed by atoms with Crippen molar-refractivity contribution in [2.45, 2.75) is 26.2 Å². The first-order chi connectivity index (χ1) is 15.7. The average Bonchev–Trinajstić information content (AvgIpc) is 3.44. The van der Waals surface area contributed by atoms with Gasteiger partial charge in [-0.2, -0.15) is 0 Å². The van der Waals surface area contributed by atoms with E-state index in [-0.39, 0.29) is 12.4 Å². The number of benzene rings is 2. The number of halogens is 1. The summed E-state index contributed by atoms with van der Waals surface area (Å²) in [6.07, 6.45) is 5.20. The third-order valence-corrected chi connectivity index (χ3v) is 6.01. The molecule has 1 aliphatic heterocycles. The van der Waals surface area contributed by atoms with Crippen LogP contribution in [0.25, 0.3) is 21.8 Å². The number of anilines is 2. The van der Waals surface area contributed by atoms with E-state index in [9.17, 15) is 0 Å². The first kappa shape index (κ1) is 23.1. The Kier molecular flexibility index (Phi) is 7.20. The van der Waals surface area contributed by atoms with Gasteiger partial charge in [0.2, 0.25) is 0 Å². The largest absolute Gasteiger partial charge is 0.493 e. The summed E-state index contributed by atoms with van der Waals surface area (Å²) in [6.45, 7) is 6.22. The van der Waals surface area contributed by atoms with Gasteiger partial charge >= 0.3 is 0 Å². The number of aryl methyl sites for hydroxylation is 1. The Morgan fingerprint density at radius 1 is 1.06 bits per heavy atom. The average molecular weight is 468 g/mol. The number of nitrogens with zero attached hydrogens (tertiary/aromatic N) is 3. The van der Waals surface area contributed by atoms with Gasteiger partial charge in [0.25, 0.3) is 0 Å². The molecule has 2 N–H and O–H groups in total. The number of fused-ring (bicyclic) bond motifs is 2. The van der Waals surface area contributed by atoms with Gasteiger partial charge in [0.05, 0.1) is 19.2 Å². The molecule has 0 atom stereocenters. The van der Waals surface area contributed by atoms with E-state index in [1.54, 1.807) is 13.4 Å². The van der Waals surface area contributed by atoms with Crippen molar-refractivity contribution in [3.63, 3.8) is 0 Å². The van der Waals surface area contributed by atoms with Crippen LogP contribution in [0.1, 0.15) is 25.0 Å². The van der Waals surface area contributed by atoms with E-state index in [2.05, 4.69) is 50.3 Å². The molecule has 0 spiro atoms. The Morgan fingerprint density at radius 2 is 1.91 bits per heavy atom. The standard InChI is InChI=1S/C25H29N5O2.ClH/c1-17-12-18-13-19(6-7-21(18)28-17)29-25-20-14-23(31-2)24(15-22(20)26-16-27-25)32-11-5-10-30-8-3-4-9-30;/h6-7,12-16,28H,3-5,8-11H2,1-2H3,(H,26,27,29);1H. The Labute approximate surface area is 199 Å². The summed E-state index contributed by atoms with van der Waals surface area (Å²) in [5, 5.41) is 5.48. The maximum absolute atomic E-state index is 6.07. The molecule has 0 unspecified atom stereocenters. The number of hydrogen-bond acceptors (Lipinski definition) is 6. The van der Waals surface area contributed by atoms with Crippen LogP contribution in [0, 0.1) is 6.92 Å². The fraction of sp³-hybridized carbons (Fsp3) is 0.360. The Hall–Kier alpha value is -3.03. The van der Waals surface area contributed by atoms with E-state index in [1.165, 1.54) is 25.9 Å². The quantitative estimate of drug-likeness (QED) is 0.335. The smallest absolute Gasteiger partial charge is 0.163 e. The highest BCUT2D eigenvalue weighted by atomic mass is 35.5. The van der Waals surface area contributed by atoms with Crippen molar-refractivity contribution < 1.29 is 9.47 Å². The number of likely N-dealkylation sites (tertiary alicyclic amines) is 1. The van der Waals surface area contributed by atoms with Gasteiger partial charge in [-0.25, -0.2) is 9.97 Å². The van der Waals surface area contributed by atoms with E-state index >= 15 is 0 Å². The molecular weight excluding hydrogens is 438 g/mol. The van der Waals surface area contributed by atoms with Crippen molar-refractivity contribution >= 4 is 45.7 Å². The Bertz CT molecular complexity index is 1240. The topological polar surface area (TPSA) is 75.3 Å². The highest BCUT2D eigenvalue weighted by Gasteiger charge is 2.14. The molecule has 1 aliphatic rings. The third-order valence-electron chi connectivity index (χ3n) is 6.01. The van der Waals surface area contributed by atoms with Crippen LogP contribution in [0.15, 0.2) is 42.7 Å². The molecule has 174 valence electrons. The molecule has 2 aromatic heterocycles. The zero-order chi connectivity index (χ0) is 21.9. The van der Waals surface area contributed by atoms with E-state index in [0.29, 0.717) is 12.4 Å². The molecule has 1 saturated heterocycles. The lowest BCUT2D eigenvalue weighted by atomic mass is 10.2. The van der Waals surface area contributed by atoms with Crippen molar-refractivity contribution in [1.82, 2.24) is 19.9 Å². The second kappa shape index (κ2) is 10.3. The SMILES string of the molecule is COc1cc2c(Nc3ccc4[nH]c(C)cc4c3)ncnc2cc1OCCCN1CCCC1.Cl. The number of ether oxygens (including phenoxy) is 2. The van der Waals surface area contributed by atoms with Crippen LogP contribution < -0.4 is 14.8 Å². The van der Waals surface area contributed by atoms with Gasteiger partial charge in [0.15, 0.2) is 11.5 Å². The lowest BCUT2D eigenvalue weighted by Gasteiger charge is -2.16. The second-order valence-electron chi connectivity index (χ2n) is 8.37. The third kappa shape index (κ3) is 5.15. The summed E-state index contributed by atoms with van der Waals surface area (Å²) < 4.78 is 11.7. The molecule has 0 saturated carbocycles. The van der Waals surface area contributed by atoms with Gasteiger partial charge in [-0.1, -0.05) is 0 Å². The molecule has 7 nitrogen and oxygen atoms in total. The Morgan fingerprint density at radius 3 is 2.73 bits per heavy atom. The van der Waals surface area contributed by atoms with Gasteiger partial charge in [0.1, 0.15) is 12.1 Å². The zero-order valence-corrected chi connectivity index (χ0v) is 19.9. The molecule has 3 heterocycles. The summed E-state index contributed by atoms with van der Waals surface area (Å²) >= 11 is 0. The number of nitrogens with one attached hydrogen (secondary N) is 2. The minimum Gasteiger partial charge on any atom is -0.493 e. The van der Waals surface area contributed by atoms with Gasteiger partial charge < -0.3 is 24.7 Å². The normalized spacial score (nSPS) is 13.9. The fourth-order valence-electron chi connectivity index (χ4n) is 4.40. The summed E-state index contributed by atoms with van der Waals surface area (Å²) in [5.74, 6) is 2.14. The number of methoxy groups -OCH3 is 1. The first-order valence-electron chi connectivity index (χ1n) is 11.2. The number of H-pyrrole nitrogens is 1. The number of rotatable bonds is 8. The molecule has 0 radical (unpaired) electrons. The van der Waals surface area contributed by atoms with Crippen LogP contribution in [0.2, 0.25) is 0 Å². The van der Waals surface area contributed by atoms with Crippen LogP contribution in [0.3, 0.4) is 0 Å². The molecule has 0 bridgehead atoms. The summed E-state index contributed by atoms with van der Waals surface area (Å²) in [4.78, 5) is 14.8. The highest BCUT2D eigenvalue weighted by molar-refractivity contribution is 5.94. The molecule has 0 aliphatic carbocycles. The lowest BCUT2D eigenvalue weighted by molar-refractivity contribution is 0.254. The lowest BCUT2D eigenvalue weighted by Crippen LogP contribution is -2.21. The molecule has 8 heteroatoms. The van der Waals surface area contributed by atoms with Crippen LogP contribution >= 0.6 is 12.4 Å². The van der Waals surface area contributed by atoms with Gasteiger partial charge in [-0.3, -0.25) is 0 Å². The fourth-order valence-corrected chi connectivity index (χ4v) is 4.40. The maximum atomic E-state index is 6.07. The van der Waals surface area contributed by atoms with Crippen LogP contribution in [-0.4, -0.2) is 53.2 Å². The number of hydrogen-bond donors (Lipinski definition) is 2. The number of aromatic nitrogens is 3. The minimum absolute atomic E-state index is 0. The molecule has 33 heavy (non-hydrogen) atoms. The molecule has 4 aromatic rings.